The summed E-state index contributed by atoms with van der Waals surface area (Å²) in [7, 11) is -2.12. The average Bonchev–Trinajstić information content (AvgIpc) is 2.90. The first-order valence-electron chi connectivity index (χ1n) is 6.81. The zero-order chi connectivity index (χ0) is 14.8. The van der Waals surface area contributed by atoms with Gasteiger partial charge in [-0.1, -0.05) is 19.8 Å². The highest BCUT2D eigenvalue weighted by atomic mass is 32.2. The van der Waals surface area contributed by atoms with Crippen molar-refractivity contribution in [3.63, 3.8) is 0 Å². The number of hydrogen-bond donors (Lipinski definition) is 2. The lowest BCUT2D eigenvalue weighted by Crippen LogP contribution is -2.58. The fourth-order valence-electron chi connectivity index (χ4n) is 2.86. The van der Waals surface area contributed by atoms with Gasteiger partial charge in [-0.15, -0.1) is 11.3 Å². The molecular formula is C13H22N2O3S2. The van der Waals surface area contributed by atoms with E-state index in [9.17, 15) is 8.42 Å². The summed E-state index contributed by atoms with van der Waals surface area (Å²) in [6.07, 6.45) is 3.93. The van der Waals surface area contributed by atoms with E-state index in [1.807, 2.05) is 0 Å². The van der Waals surface area contributed by atoms with E-state index in [2.05, 4.69) is 11.6 Å². The molecule has 5 nitrogen and oxygen atoms in total. The summed E-state index contributed by atoms with van der Waals surface area (Å²) in [4.78, 5) is 0. The van der Waals surface area contributed by atoms with E-state index in [4.69, 9.17) is 10.5 Å². The number of rotatable bonds is 5. The van der Waals surface area contributed by atoms with Crippen LogP contribution in [0.15, 0.2) is 15.7 Å². The minimum Gasteiger partial charge on any atom is -0.494 e. The zero-order valence-electron chi connectivity index (χ0n) is 11.9. The Morgan fingerprint density at radius 3 is 2.90 bits per heavy atom. The first-order chi connectivity index (χ1) is 9.45. The number of methoxy groups -OCH3 is 1. The predicted octanol–water partition coefficient (Wildman–Crippen LogP) is 1.94. The fraction of sp³-hybridized carbons (Fsp3) is 0.692. The van der Waals surface area contributed by atoms with Crippen molar-refractivity contribution in [3.05, 3.63) is 11.4 Å². The first-order valence-corrected chi connectivity index (χ1v) is 9.17. The van der Waals surface area contributed by atoms with E-state index >= 15 is 0 Å². The molecule has 0 amide bonds. The normalized spacial score (nSPS) is 27.4. The Morgan fingerprint density at radius 1 is 1.55 bits per heavy atom. The second-order valence-corrected chi connectivity index (χ2v) is 8.18. The maximum Gasteiger partial charge on any atom is 0.254 e. The first kappa shape index (κ1) is 15.8. The van der Waals surface area contributed by atoms with Crippen LogP contribution in [0.25, 0.3) is 0 Å². The molecule has 1 fully saturated rings. The third-order valence-electron chi connectivity index (χ3n) is 4.21. The van der Waals surface area contributed by atoms with Gasteiger partial charge in [0, 0.05) is 12.1 Å². The summed E-state index contributed by atoms with van der Waals surface area (Å²) in [5, 5.41) is 1.72. The van der Waals surface area contributed by atoms with E-state index in [0.717, 1.165) is 37.0 Å². The summed E-state index contributed by atoms with van der Waals surface area (Å²) in [5.41, 5.74) is 5.37. The van der Waals surface area contributed by atoms with Crippen molar-refractivity contribution in [2.24, 2.45) is 11.7 Å². The number of sulfonamides is 1. The van der Waals surface area contributed by atoms with Crippen molar-refractivity contribution in [2.45, 2.75) is 42.4 Å². The van der Waals surface area contributed by atoms with Gasteiger partial charge >= 0.3 is 0 Å². The monoisotopic (exact) mass is 318 g/mol. The highest BCUT2D eigenvalue weighted by molar-refractivity contribution is 7.91. The molecule has 20 heavy (non-hydrogen) atoms. The largest absolute Gasteiger partial charge is 0.494 e. The van der Waals surface area contributed by atoms with E-state index in [0.29, 0.717) is 12.3 Å². The molecule has 0 spiro atoms. The topological polar surface area (TPSA) is 81.4 Å². The minimum absolute atomic E-state index is 0.227. The summed E-state index contributed by atoms with van der Waals surface area (Å²) >= 11 is 1.16. The third kappa shape index (κ3) is 2.86. The molecule has 0 saturated heterocycles. The molecule has 0 aromatic carbocycles. The van der Waals surface area contributed by atoms with Crippen molar-refractivity contribution < 1.29 is 13.2 Å². The van der Waals surface area contributed by atoms with E-state index < -0.39 is 15.6 Å². The third-order valence-corrected chi connectivity index (χ3v) is 7.21. The summed E-state index contributed by atoms with van der Waals surface area (Å²) < 4.78 is 33.4. The van der Waals surface area contributed by atoms with Gasteiger partial charge < -0.3 is 10.5 Å². The lowest BCUT2D eigenvalue weighted by Gasteiger charge is -2.42. The lowest BCUT2D eigenvalue weighted by atomic mass is 9.74. The number of hydrogen-bond acceptors (Lipinski definition) is 5. The van der Waals surface area contributed by atoms with Gasteiger partial charge in [-0.2, -0.15) is 0 Å². The van der Waals surface area contributed by atoms with Gasteiger partial charge in [-0.05, 0) is 30.2 Å². The van der Waals surface area contributed by atoms with Crippen LogP contribution in [0.3, 0.4) is 0 Å². The van der Waals surface area contributed by atoms with Crippen LogP contribution in [-0.2, 0) is 10.0 Å². The van der Waals surface area contributed by atoms with Crippen molar-refractivity contribution >= 4 is 21.4 Å². The van der Waals surface area contributed by atoms with Gasteiger partial charge in [-0.25, -0.2) is 13.1 Å². The van der Waals surface area contributed by atoms with Crippen LogP contribution >= 0.6 is 11.3 Å². The Kier molecular flexibility index (Phi) is 4.73. The van der Waals surface area contributed by atoms with Gasteiger partial charge in [0.25, 0.3) is 10.0 Å². The lowest BCUT2D eigenvalue weighted by molar-refractivity contribution is 0.191. The maximum absolute atomic E-state index is 12.6. The quantitative estimate of drug-likeness (QED) is 0.869. The number of thiophene rings is 1. The molecule has 1 aliphatic carbocycles. The van der Waals surface area contributed by atoms with Gasteiger partial charge in [0.1, 0.15) is 5.75 Å². The molecule has 2 atom stereocenters. The second-order valence-electron chi connectivity index (χ2n) is 5.39. The minimum atomic E-state index is -3.60. The van der Waals surface area contributed by atoms with E-state index in [1.54, 1.807) is 11.4 Å². The van der Waals surface area contributed by atoms with Crippen molar-refractivity contribution in [1.29, 1.82) is 0 Å². The molecule has 3 N–H and O–H groups in total. The molecule has 7 heteroatoms. The number of nitrogens with one attached hydrogen (secondary N) is 1. The van der Waals surface area contributed by atoms with Gasteiger partial charge in [0.2, 0.25) is 0 Å². The van der Waals surface area contributed by atoms with Crippen LogP contribution in [-0.4, -0.2) is 27.6 Å². The molecule has 1 heterocycles. The molecule has 114 valence electrons. The van der Waals surface area contributed by atoms with E-state index in [1.165, 1.54) is 7.11 Å². The smallest absolute Gasteiger partial charge is 0.254 e. The molecule has 1 saturated carbocycles. The van der Waals surface area contributed by atoms with Gasteiger partial charge in [-0.3, -0.25) is 0 Å². The molecule has 1 aromatic heterocycles. The molecule has 1 aromatic rings. The van der Waals surface area contributed by atoms with Crippen molar-refractivity contribution in [3.8, 4) is 5.75 Å². The van der Waals surface area contributed by atoms with Crippen LogP contribution < -0.4 is 15.2 Å². The van der Waals surface area contributed by atoms with Crippen LogP contribution in [0.4, 0.5) is 0 Å². The van der Waals surface area contributed by atoms with Crippen LogP contribution in [0.2, 0.25) is 0 Å². The second kappa shape index (κ2) is 6.01. The van der Waals surface area contributed by atoms with Crippen LogP contribution in [0.5, 0.6) is 5.75 Å². The zero-order valence-corrected chi connectivity index (χ0v) is 13.5. The number of nitrogens with two attached hydrogens (primary N) is 1. The predicted molar refractivity (Wildman–Crippen MR) is 80.6 cm³/mol. The van der Waals surface area contributed by atoms with Crippen LogP contribution in [0, 0.1) is 5.92 Å². The van der Waals surface area contributed by atoms with Crippen molar-refractivity contribution in [1.82, 2.24) is 4.72 Å². The van der Waals surface area contributed by atoms with Crippen LogP contribution in [0.1, 0.15) is 32.6 Å². The molecule has 1 aliphatic rings. The Hall–Kier alpha value is -0.630. The Morgan fingerprint density at radius 2 is 2.30 bits per heavy atom. The SMILES string of the molecule is COc1ccsc1S(=O)(=O)NC1(CN)CCCCC1C. The molecular weight excluding hydrogens is 296 g/mol. The molecule has 2 rings (SSSR count). The Labute approximate surface area is 124 Å². The average molecular weight is 318 g/mol. The van der Waals surface area contributed by atoms with Crippen molar-refractivity contribution in [2.75, 3.05) is 13.7 Å². The summed E-state index contributed by atoms with van der Waals surface area (Å²) in [6, 6.07) is 1.67. The molecule has 0 aliphatic heterocycles. The fourth-order valence-corrected chi connectivity index (χ4v) is 5.67. The molecule has 2 unspecified atom stereocenters. The maximum atomic E-state index is 12.6. The Balaban J connectivity index is 2.31. The molecule has 0 radical (unpaired) electrons. The number of ether oxygens (including phenoxy) is 1. The summed E-state index contributed by atoms with van der Waals surface area (Å²) in [6.45, 7) is 2.39. The van der Waals surface area contributed by atoms with Gasteiger partial charge in [0.15, 0.2) is 4.21 Å². The standard InChI is InChI=1S/C13H22N2O3S2/c1-10-5-3-4-7-13(10,9-14)15-20(16,17)12-11(18-2)6-8-19-12/h6,8,10,15H,3-5,7,9,14H2,1-2H3. The highest BCUT2D eigenvalue weighted by Crippen LogP contribution is 2.36. The van der Waals surface area contributed by atoms with E-state index in [-0.39, 0.29) is 10.1 Å². The molecule has 0 bridgehead atoms. The van der Waals surface area contributed by atoms with Gasteiger partial charge in [0.05, 0.1) is 7.11 Å². The summed E-state index contributed by atoms with van der Waals surface area (Å²) in [5.74, 6) is 0.625. The Bertz CT molecular complexity index is 556. The highest BCUT2D eigenvalue weighted by Gasteiger charge is 2.41.